The molecule has 0 aliphatic carbocycles. The Morgan fingerprint density at radius 1 is 1.13 bits per heavy atom. The Balaban J connectivity index is 2.19. The third kappa shape index (κ3) is 2.71. The van der Waals surface area contributed by atoms with E-state index in [0.29, 0.717) is 33.9 Å². The lowest BCUT2D eigenvalue weighted by Gasteiger charge is -2.44. The molecule has 0 radical (unpaired) electrons. The number of hydrogen-bond acceptors (Lipinski definition) is 3. The Morgan fingerprint density at radius 2 is 1.83 bits per heavy atom. The molecular weight excluding hydrogens is 389 g/mol. The highest BCUT2D eigenvalue weighted by atomic mass is 19.4. The van der Waals surface area contributed by atoms with Gasteiger partial charge in [-0.1, -0.05) is 37.6 Å². The number of nitriles is 1. The van der Waals surface area contributed by atoms with E-state index in [2.05, 4.69) is 16.4 Å². The van der Waals surface area contributed by atoms with Crippen LogP contribution in [0.5, 0.6) is 0 Å². The zero-order chi connectivity index (χ0) is 21.8. The van der Waals surface area contributed by atoms with Gasteiger partial charge in [0.2, 0.25) is 5.95 Å². The molecule has 4 rings (SSSR count). The Bertz CT molecular complexity index is 1230. The second kappa shape index (κ2) is 6.63. The molecular formula is C23H21F3N4. The van der Waals surface area contributed by atoms with Crippen LogP contribution in [-0.2, 0) is 11.7 Å². The van der Waals surface area contributed by atoms with E-state index in [1.807, 2.05) is 42.7 Å². The highest BCUT2D eigenvalue weighted by Gasteiger charge is 2.48. The zero-order valence-electron chi connectivity index (χ0n) is 17.1. The van der Waals surface area contributed by atoms with Crippen molar-refractivity contribution < 1.29 is 13.2 Å². The molecule has 0 fully saturated rings. The van der Waals surface area contributed by atoms with Crippen LogP contribution in [0.1, 0.15) is 37.5 Å². The number of halogens is 3. The number of imidazole rings is 1. The van der Waals surface area contributed by atoms with Gasteiger partial charge in [0, 0.05) is 5.70 Å². The average Bonchev–Trinajstić information content (AvgIpc) is 3.03. The molecule has 1 aromatic heterocycles. The smallest absolute Gasteiger partial charge is 0.328 e. The van der Waals surface area contributed by atoms with Gasteiger partial charge in [0.15, 0.2) is 0 Å². The summed E-state index contributed by atoms with van der Waals surface area (Å²) in [5.74, 6) is 0.278. The lowest BCUT2D eigenvalue weighted by molar-refractivity contribution is -0.137. The molecule has 7 heteroatoms. The number of para-hydroxylation sites is 2. The van der Waals surface area contributed by atoms with Crippen LogP contribution >= 0.6 is 0 Å². The number of aryl methyl sites for hydroxylation is 1. The molecule has 1 atom stereocenters. The summed E-state index contributed by atoms with van der Waals surface area (Å²) in [4.78, 5) is 4.66. The van der Waals surface area contributed by atoms with Gasteiger partial charge in [0.1, 0.15) is 5.54 Å². The fraction of sp³-hybridized carbons (Fsp3) is 0.304. The fourth-order valence-corrected chi connectivity index (χ4v) is 4.58. The molecule has 1 N–H and O–H groups in total. The number of nitrogens with zero attached hydrogens (tertiary/aromatic N) is 3. The Morgan fingerprint density at radius 3 is 2.47 bits per heavy atom. The van der Waals surface area contributed by atoms with Gasteiger partial charge in [-0.3, -0.25) is 4.57 Å². The van der Waals surface area contributed by atoms with E-state index in [1.54, 1.807) is 19.9 Å². The lowest BCUT2D eigenvalue weighted by Crippen LogP contribution is -2.46. The molecule has 4 nitrogen and oxygen atoms in total. The van der Waals surface area contributed by atoms with E-state index in [1.165, 1.54) is 6.07 Å². The number of hydrogen-bond donors (Lipinski definition) is 1. The van der Waals surface area contributed by atoms with Crippen LogP contribution in [0.15, 0.2) is 53.7 Å². The second-order valence-corrected chi connectivity index (χ2v) is 8.00. The van der Waals surface area contributed by atoms with Crippen LogP contribution < -0.4 is 5.32 Å². The van der Waals surface area contributed by atoms with Crippen LogP contribution in [0, 0.1) is 24.2 Å². The van der Waals surface area contributed by atoms with Crippen molar-refractivity contribution >= 4 is 17.0 Å². The number of anilines is 1. The van der Waals surface area contributed by atoms with Gasteiger partial charge in [-0.2, -0.15) is 18.4 Å². The molecule has 0 amide bonds. The normalized spacial score (nSPS) is 19.0. The minimum atomic E-state index is -4.49. The first-order valence-electron chi connectivity index (χ1n) is 9.66. The van der Waals surface area contributed by atoms with Crippen LogP contribution in [0.3, 0.4) is 0 Å². The third-order valence-corrected chi connectivity index (χ3v) is 5.76. The molecule has 1 aliphatic rings. The van der Waals surface area contributed by atoms with Crippen molar-refractivity contribution in [3.8, 4) is 6.07 Å². The summed E-state index contributed by atoms with van der Waals surface area (Å²) in [7, 11) is 0. The lowest BCUT2D eigenvalue weighted by atomic mass is 9.71. The fourth-order valence-electron chi connectivity index (χ4n) is 4.58. The standard InChI is InChI=1S/C23H21F3N4/c1-13(2)22(16-9-14(3)10-17(11-16)23(24,25)26)18(12-27)15(4)28-21-29-19-7-5-6-8-20(19)30(21)22/h5-11,13H,1-4H3,(H,28,29). The van der Waals surface area contributed by atoms with Crippen molar-refractivity contribution in [1.82, 2.24) is 9.55 Å². The zero-order valence-corrected chi connectivity index (χ0v) is 17.1. The molecule has 154 valence electrons. The summed E-state index contributed by atoms with van der Waals surface area (Å²) < 4.78 is 42.9. The van der Waals surface area contributed by atoms with Gasteiger partial charge < -0.3 is 5.32 Å². The first kappa shape index (κ1) is 20.0. The number of benzene rings is 2. The monoisotopic (exact) mass is 410 g/mol. The first-order valence-corrected chi connectivity index (χ1v) is 9.66. The average molecular weight is 410 g/mol. The first-order chi connectivity index (χ1) is 14.1. The van der Waals surface area contributed by atoms with Crippen LogP contribution in [-0.4, -0.2) is 9.55 Å². The summed E-state index contributed by atoms with van der Waals surface area (Å²) in [6.45, 7) is 7.25. The van der Waals surface area contributed by atoms with Gasteiger partial charge in [-0.05, 0) is 49.6 Å². The van der Waals surface area contributed by atoms with Gasteiger partial charge >= 0.3 is 6.18 Å². The number of rotatable bonds is 2. The maximum atomic E-state index is 13.7. The highest BCUT2D eigenvalue weighted by molar-refractivity contribution is 5.81. The summed E-state index contributed by atoms with van der Waals surface area (Å²) in [6, 6.07) is 13.8. The van der Waals surface area contributed by atoms with Crippen molar-refractivity contribution in [1.29, 1.82) is 5.26 Å². The van der Waals surface area contributed by atoms with Crippen molar-refractivity contribution in [3.63, 3.8) is 0 Å². The van der Waals surface area contributed by atoms with Crippen LogP contribution in [0.25, 0.3) is 11.0 Å². The Labute approximate surface area is 172 Å². The molecule has 3 aromatic rings. The largest absolute Gasteiger partial charge is 0.416 e. The van der Waals surface area contributed by atoms with Crippen molar-refractivity contribution in [2.45, 2.75) is 39.4 Å². The summed E-state index contributed by atoms with van der Waals surface area (Å²) in [5.41, 5.74) is 1.48. The van der Waals surface area contributed by atoms with E-state index < -0.39 is 17.3 Å². The van der Waals surface area contributed by atoms with E-state index in [0.717, 1.165) is 11.6 Å². The molecule has 2 heterocycles. The summed E-state index contributed by atoms with van der Waals surface area (Å²) in [6.07, 6.45) is -4.49. The Hall–Kier alpha value is -3.27. The summed E-state index contributed by atoms with van der Waals surface area (Å²) in [5, 5.41) is 13.3. The van der Waals surface area contributed by atoms with E-state index in [4.69, 9.17) is 0 Å². The topological polar surface area (TPSA) is 53.6 Å². The third-order valence-electron chi connectivity index (χ3n) is 5.76. The molecule has 2 aromatic carbocycles. The van der Waals surface area contributed by atoms with Crippen molar-refractivity contribution in [2.75, 3.05) is 5.32 Å². The predicted molar refractivity (Wildman–Crippen MR) is 110 cm³/mol. The number of nitrogens with one attached hydrogen (secondary N) is 1. The molecule has 0 spiro atoms. The second-order valence-electron chi connectivity index (χ2n) is 8.00. The number of alkyl halides is 3. The molecule has 30 heavy (non-hydrogen) atoms. The van der Waals surface area contributed by atoms with E-state index >= 15 is 0 Å². The number of allylic oxidation sites excluding steroid dienone is 2. The minimum absolute atomic E-state index is 0.233. The van der Waals surface area contributed by atoms with E-state index in [-0.39, 0.29) is 5.92 Å². The molecule has 1 aliphatic heterocycles. The highest BCUT2D eigenvalue weighted by Crippen LogP contribution is 2.49. The SMILES string of the molecule is CC1=C(C#N)C(c2cc(C)cc(C(F)(F)F)c2)(C(C)C)n2c(nc3ccccc32)N1. The quantitative estimate of drug-likeness (QED) is 0.565. The maximum absolute atomic E-state index is 13.7. The van der Waals surface area contributed by atoms with E-state index in [9.17, 15) is 18.4 Å². The van der Waals surface area contributed by atoms with Gasteiger partial charge in [0.25, 0.3) is 0 Å². The van der Waals surface area contributed by atoms with Gasteiger partial charge in [0.05, 0.1) is 28.2 Å². The van der Waals surface area contributed by atoms with Crippen molar-refractivity contribution in [3.05, 3.63) is 70.4 Å². The maximum Gasteiger partial charge on any atom is 0.416 e. The number of aromatic nitrogens is 2. The predicted octanol–water partition coefficient (Wildman–Crippen LogP) is 5.99. The Kier molecular flexibility index (Phi) is 4.42. The molecule has 0 saturated heterocycles. The number of fused-ring (bicyclic) bond motifs is 3. The molecule has 1 unspecified atom stereocenters. The molecule has 0 bridgehead atoms. The van der Waals surface area contributed by atoms with Crippen LogP contribution in [0.4, 0.5) is 19.1 Å². The van der Waals surface area contributed by atoms with Gasteiger partial charge in [-0.25, -0.2) is 4.98 Å². The van der Waals surface area contributed by atoms with Gasteiger partial charge in [-0.15, -0.1) is 0 Å². The minimum Gasteiger partial charge on any atom is -0.328 e. The molecule has 0 saturated carbocycles. The summed E-state index contributed by atoms with van der Waals surface area (Å²) >= 11 is 0. The van der Waals surface area contributed by atoms with Crippen LogP contribution in [0.2, 0.25) is 0 Å². The van der Waals surface area contributed by atoms with Crippen molar-refractivity contribution in [2.24, 2.45) is 5.92 Å².